The molecule has 0 saturated carbocycles. The molecule has 4 N–H and O–H groups in total. The van der Waals surface area contributed by atoms with Crippen molar-refractivity contribution in [3.8, 4) is 11.1 Å². The highest BCUT2D eigenvalue weighted by molar-refractivity contribution is 5.90. The average Bonchev–Trinajstić information content (AvgIpc) is 1.17. The van der Waals surface area contributed by atoms with Crippen molar-refractivity contribution in [3.63, 3.8) is 0 Å². The smallest absolute Gasteiger partial charge is 0.407 e. The number of amides is 1. The summed E-state index contributed by atoms with van der Waals surface area (Å²) >= 11 is 0. The molecular weight excluding hydrogens is 1190 g/mol. The fourth-order valence-corrected chi connectivity index (χ4v) is 12.2. The number of rotatable bonds is 19. The van der Waals surface area contributed by atoms with Crippen molar-refractivity contribution in [1.82, 2.24) is 5.32 Å². The van der Waals surface area contributed by atoms with Crippen LogP contribution in [0.1, 0.15) is 67.0 Å². The first kappa shape index (κ1) is 62.5. The third kappa shape index (κ3) is 13.9. The van der Waals surface area contributed by atoms with Crippen molar-refractivity contribution >= 4 is 24.0 Å². The molecule has 6 aliphatic rings. The highest BCUT2D eigenvalue weighted by atomic mass is 16.8. The lowest BCUT2D eigenvalue weighted by molar-refractivity contribution is -0.410. The summed E-state index contributed by atoms with van der Waals surface area (Å²) in [5.74, 6) is -3.06. The molecule has 0 radical (unpaired) electrons. The van der Waals surface area contributed by atoms with Crippen LogP contribution in [0.15, 0.2) is 200 Å². The summed E-state index contributed by atoms with van der Waals surface area (Å²) < 4.78 is 87.8. The standard InChI is InChI=1S/C70H67NO21/c72-54-55(73)67(85-51-37-81-65(90-57(51)54)43-26-12-4-13-27-43)92-60-56(74)68(86-52-38-82-66(91-58(52)60)44-28-14-5-15-29-44)87-53-39-83-69(61(89-63(76)42-24-10-3-11-25-42)59(53)88-62(75)41-22-8-2-9-23-41)80-36-50(64(77)79-34-40-20-6-1-7-21-40)71-70(78)84-35-49-47-32-18-16-30-45(47)46-31-17-19-33-48(46)49/h1-33,49-61,65-69,72-74H,34-39H2,(H,71,78)/t50-,51+,52+,53+,54+,55+,56+,57-,58-,59-,60+,61+,65?,66?,67-,68-,69+/m0/s1. The first-order valence-electron chi connectivity index (χ1n) is 30.4. The van der Waals surface area contributed by atoms with Gasteiger partial charge in [0, 0.05) is 17.0 Å². The first-order valence-corrected chi connectivity index (χ1v) is 30.4. The molecule has 0 aromatic heterocycles. The highest BCUT2D eigenvalue weighted by Crippen LogP contribution is 2.45. The Bertz CT molecular complexity index is 3570. The van der Waals surface area contributed by atoms with Gasteiger partial charge in [0.1, 0.15) is 68.1 Å². The zero-order valence-corrected chi connectivity index (χ0v) is 49.4. The van der Waals surface area contributed by atoms with E-state index in [9.17, 15) is 34.5 Å². The van der Waals surface area contributed by atoms with Crippen molar-refractivity contribution in [2.75, 3.05) is 33.0 Å². The molecule has 7 aromatic rings. The number of hydrogen-bond acceptors (Lipinski definition) is 21. The molecule has 7 aromatic carbocycles. The van der Waals surface area contributed by atoms with Gasteiger partial charge in [-0.2, -0.15) is 0 Å². The van der Waals surface area contributed by atoms with E-state index in [4.69, 9.17) is 66.3 Å². The number of carbonyl (C=O) groups is 4. The van der Waals surface area contributed by atoms with Crippen molar-refractivity contribution in [3.05, 3.63) is 239 Å². The molecule has 1 amide bonds. The van der Waals surface area contributed by atoms with Crippen LogP contribution in [0.5, 0.6) is 0 Å². The van der Waals surface area contributed by atoms with Gasteiger partial charge in [0.25, 0.3) is 0 Å². The van der Waals surface area contributed by atoms with Crippen LogP contribution in [-0.2, 0) is 77.7 Å². The van der Waals surface area contributed by atoms with Crippen LogP contribution in [0.3, 0.4) is 0 Å². The topological polar surface area (TPSA) is 270 Å². The fourth-order valence-electron chi connectivity index (χ4n) is 12.2. The van der Waals surface area contributed by atoms with Crippen molar-refractivity contribution in [1.29, 1.82) is 0 Å². The molecule has 478 valence electrons. The molecule has 17 atom stereocenters. The van der Waals surface area contributed by atoms with Gasteiger partial charge >= 0.3 is 24.0 Å². The summed E-state index contributed by atoms with van der Waals surface area (Å²) in [5.41, 5.74) is 6.09. The van der Waals surface area contributed by atoms with E-state index in [-0.39, 0.29) is 43.5 Å². The van der Waals surface area contributed by atoms with Gasteiger partial charge in [-0.05, 0) is 52.1 Å². The van der Waals surface area contributed by atoms with Crippen LogP contribution < -0.4 is 5.32 Å². The van der Waals surface area contributed by atoms with Gasteiger partial charge < -0.3 is 87.0 Å². The second-order valence-corrected chi connectivity index (χ2v) is 22.8. The lowest BCUT2D eigenvalue weighted by atomic mass is 9.95. The van der Waals surface area contributed by atoms with Crippen LogP contribution >= 0.6 is 0 Å². The number of aliphatic hydroxyl groups excluding tert-OH is 3. The number of hydrogen-bond donors (Lipinski definition) is 4. The maximum Gasteiger partial charge on any atom is 0.407 e. The Morgan fingerprint density at radius 2 is 0.978 bits per heavy atom. The Hall–Kier alpha value is -8.30. The number of benzene rings is 7. The Kier molecular flexibility index (Phi) is 19.5. The largest absolute Gasteiger partial charge is 0.459 e. The molecule has 92 heavy (non-hydrogen) atoms. The lowest BCUT2D eigenvalue weighted by Gasteiger charge is -2.51. The Morgan fingerprint density at radius 1 is 0.478 bits per heavy atom. The van der Waals surface area contributed by atoms with Gasteiger partial charge in [0.15, 0.2) is 49.7 Å². The number of nitrogens with one attached hydrogen (secondary N) is 1. The van der Waals surface area contributed by atoms with Gasteiger partial charge in [0.2, 0.25) is 0 Å². The Morgan fingerprint density at radius 3 is 1.57 bits per heavy atom. The summed E-state index contributed by atoms with van der Waals surface area (Å²) in [4.78, 5) is 57.0. The minimum absolute atomic E-state index is 0.0675. The third-order valence-corrected chi connectivity index (χ3v) is 16.8. The summed E-state index contributed by atoms with van der Waals surface area (Å²) in [6.07, 6.45) is -23.6. The quantitative estimate of drug-likeness (QED) is 0.0469. The van der Waals surface area contributed by atoms with Crippen LogP contribution in [0, 0.1) is 0 Å². The predicted molar refractivity (Wildman–Crippen MR) is 320 cm³/mol. The Balaban J connectivity index is 0.777. The maximum atomic E-state index is 14.4. The first-order chi connectivity index (χ1) is 45.0. The number of aliphatic hydroxyl groups is 3. The molecular formula is C70H67NO21. The summed E-state index contributed by atoms with van der Waals surface area (Å²) in [6.45, 7) is -1.70. The number of carbonyl (C=O) groups excluding carboxylic acids is 4. The minimum atomic E-state index is -1.84. The van der Waals surface area contributed by atoms with Crippen molar-refractivity contribution in [2.24, 2.45) is 0 Å². The van der Waals surface area contributed by atoms with E-state index >= 15 is 0 Å². The van der Waals surface area contributed by atoms with Crippen LogP contribution in [0.4, 0.5) is 4.79 Å². The Labute approximate surface area is 528 Å². The van der Waals surface area contributed by atoms with Crippen molar-refractivity contribution in [2.45, 2.75) is 117 Å². The molecule has 13 rings (SSSR count). The third-order valence-electron chi connectivity index (χ3n) is 16.8. The highest BCUT2D eigenvalue weighted by Gasteiger charge is 2.57. The predicted octanol–water partition coefficient (Wildman–Crippen LogP) is 6.99. The zero-order valence-electron chi connectivity index (χ0n) is 49.4. The summed E-state index contributed by atoms with van der Waals surface area (Å²) in [6, 6.07) is 56.9. The van der Waals surface area contributed by atoms with E-state index in [2.05, 4.69) is 5.32 Å². The van der Waals surface area contributed by atoms with Crippen LogP contribution in [-0.4, -0.2) is 164 Å². The van der Waals surface area contributed by atoms with Crippen LogP contribution in [0.2, 0.25) is 0 Å². The SMILES string of the molecule is O=C(N[C@@H](CO[C@@H]1OC[C@@H](O[C@@H]2O[C@@H]3COC(c4ccccc4)O[C@@H]3[C@H](O[C@@H]3O[C@@H]4COC(c5ccccc5)O[C@@H]4[C@H](O)[C@H]3O)[C@H]2O)[C@H](OC(=O)c2ccccc2)[C@H]1OC(=O)c1ccccc1)C(=O)OCc1ccccc1)OCC1c2ccccc2-c2ccccc21. The molecule has 0 spiro atoms. The number of alkyl carbamates (subject to hydrolysis) is 1. The summed E-state index contributed by atoms with van der Waals surface area (Å²) in [7, 11) is 0. The van der Waals surface area contributed by atoms with Gasteiger partial charge in [-0.25, -0.2) is 19.2 Å². The molecule has 2 unspecified atom stereocenters. The molecule has 5 fully saturated rings. The second-order valence-electron chi connectivity index (χ2n) is 22.8. The molecule has 22 nitrogen and oxygen atoms in total. The van der Waals surface area contributed by atoms with E-state index in [0.717, 1.165) is 22.3 Å². The molecule has 5 aliphatic heterocycles. The number of fused-ring (bicyclic) bond motifs is 5. The van der Waals surface area contributed by atoms with Gasteiger partial charge in [-0.15, -0.1) is 0 Å². The molecule has 5 saturated heterocycles. The van der Waals surface area contributed by atoms with Gasteiger partial charge in [-0.3, -0.25) is 0 Å². The monoisotopic (exact) mass is 1260 g/mol. The van der Waals surface area contributed by atoms with E-state index in [1.807, 2.05) is 78.9 Å². The van der Waals surface area contributed by atoms with Gasteiger partial charge in [-0.1, -0.05) is 176 Å². The van der Waals surface area contributed by atoms with E-state index in [0.29, 0.717) is 16.7 Å². The lowest BCUT2D eigenvalue weighted by Crippen LogP contribution is -2.68. The average molecular weight is 1260 g/mol. The van der Waals surface area contributed by atoms with Gasteiger partial charge in [0.05, 0.1) is 37.6 Å². The fraction of sp³-hybridized carbons (Fsp3) is 0.343. The van der Waals surface area contributed by atoms with E-state index in [1.165, 1.54) is 24.3 Å². The maximum absolute atomic E-state index is 14.4. The zero-order chi connectivity index (χ0) is 63.1. The summed E-state index contributed by atoms with van der Waals surface area (Å²) in [5, 5.41) is 38.7. The molecule has 1 aliphatic carbocycles. The van der Waals surface area contributed by atoms with Crippen molar-refractivity contribution < 1.29 is 101 Å². The molecule has 0 bridgehead atoms. The molecule has 5 heterocycles. The van der Waals surface area contributed by atoms with E-state index < -0.39 is 142 Å². The second kappa shape index (κ2) is 28.7. The molecule has 22 heteroatoms. The number of ether oxygens (including phenoxy) is 14. The minimum Gasteiger partial charge on any atom is -0.459 e. The van der Waals surface area contributed by atoms with Crippen LogP contribution in [0.25, 0.3) is 11.1 Å². The number of esters is 3. The normalized spacial score (nSPS) is 29.4. The van der Waals surface area contributed by atoms with E-state index in [1.54, 1.807) is 97.1 Å².